The van der Waals surface area contributed by atoms with Gasteiger partial charge in [0.25, 0.3) is 0 Å². The van der Waals surface area contributed by atoms with Crippen LogP contribution < -0.4 is 10.5 Å². The lowest BCUT2D eigenvalue weighted by molar-refractivity contribution is 0.520. The number of hydrogen-bond donors (Lipinski definition) is 2. The molecule has 0 bridgehead atoms. The maximum absolute atomic E-state index is 12.4. The van der Waals surface area contributed by atoms with E-state index in [0.29, 0.717) is 19.6 Å². The first-order chi connectivity index (χ1) is 9.96. The SMILES string of the molecule is CCn1cc(S(=O)(=O)NC(C)Cn2ccnc2)cc1CN. The highest BCUT2D eigenvalue weighted by Gasteiger charge is 2.20. The number of nitrogens with two attached hydrogens (primary N) is 1. The van der Waals surface area contributed by atoms with Crippen molar-refractivity contribution in [2.24, 2.45) is 5.73 Å². The summed E-state index contributed by atoms with van der Waals surface area (Å²) in [6.45, 7) is 5.29. The molecule has 1 unspecified atom stereocenters. The summed E-state index contributed by atoms with van der Waals surface area (Å²) in [4.78, 5) is 4.19. The smallest absolute Gasteiger partial charge is 0.242 e. The van der Waals surface area contributed by atoms with Crippen molar-refractivity contribution in [2.45, 2.75) is 44.4 Å². The van der Waals surface area contributed by atoms with Crippen LogP contribution in [0.1, 0.15) is 19.5 Å². The lowest BCUT2D eigenvalue weighted by atomic mass is 10.4. The molecule has 0 spiro atoms. The van der Waals surface area contributed by atoms with Gasteiger partial charge in [0, 0.05) is 50.0 Å². The third-order valence-electron chi connectivity index (χ3n) is 3.22. The number of sulfonamides is 1. The van der Waals surface area contributed by atoms with E-state index in [4.69, 9.17) is 5.73 Å². The Morgan fingerprint density at radius 2 is 2.24 bits per heavy atom. The molecule has 116 valence electrons. The Kier molecular flexibility index (Phi) is 4.81. The van der Waals surface area contributed by atoms with Crippen molar-refractivity contribution in [3.63, 3.8) is 0 Å². The largest absolute Gasteiger partial charge is 0.349 e. The number of nitrogens with zero attached hydrogens (tertiary/aromatic N) is 3. The Labute approximate surface area is 124 Å². The molecule has 8 heteroatoms. The molecule has 7 nitrogen and oxygen atoms in total. The monoisotopic (exact) mass is 311 g/mol. The number of nitrogens with one attached hydrogen (secondary N) is 1. The number of aryl methyl sites for hydroxylation is 1. The first-order valence-corrected chi connectivity index (χ1v) is 8.31. The molecule has 0 saturated carbocycles. The molecule has 0 aliphatic rings. The van der Waals surface area contributed by atoms with Gasteiger partial charge in [-0.1, -0.05) is 0 Å². The van der Waals surface area contributed by atoms with Gasteiger partial charge in [0.05, 0.1) is 11.2 Å². The van der Waals surface area contributed by atoms with E-state index < -0.39 is 10.0 Å². The minimum absolute atomic E-state index is 0.240. The zero-order valence-electron chi connectivity index (χ0n) is 12.2. The van der Waals surface area contributed by atoms with E-state index in [1.54, 1.807) is 31.0 Å². The van der Waals surface area contributed by atoms with Gasteiger partial charge in [0.2, 0.25) is 10.0 Å². The van der Waals surface area contributed by atoms with Crippen LogP contribution in [0.25, 0.3) is 0 Å². The van der Waals surface area contributed by atoms with Gasteiger partial charge in [-0.25, -0.2) is 18.1 Å². The quantitative estimate of drug-likeness (QED) is 0.780. The number of rotatable bonds is 7. The average Bonchev–Trinajstić information content (AvgIpc) is 3.06. The first kappa shape index (κ1) is 15.7. The zero-order chi connectivity index (χ0) is 15.5. The molecular weight excluding hydrogens is 290 g/mol. The standard InChI is InChI=1S/C13H21N5O2S/c1-3-18-9-13(6-12(18)7-14)21(19,20)16-11(2)8-17-5-4-15-10-17/h4-6,9-11,16H,3,7-8,14H2,1-2H3. The number of hydrogen-bond acceptors (Lipinski definition) is 4. The Balaban J connectivity index is 2.12. The Morgan fingerprint density at radius 3 is 2.76 bits per heavy atom. The molecule has 2 rings (SSSR count). The minimum Gasteiger partial charge on any atom is -0.349 e. The van der Waals surface area contributed by atoms with Gasteiger partial charge in [0.1, 0.15) is 0 Å². The van der Waals surface area contributed by atoms with Crippen molar-refractivity contribution >= 4 is 10.0 Å². The molecule has 0 radical (unpaired) electrons. The molecule has 2 aromatic rings. The van der Waals surface area contributed by atoms with Gasteiger partial charge in [-0.3, -0.25) is 0 Å². The summed E-state index contributed by atoms with van der Waals surface area (Å²) < 4.78 is 31.1. The molecule has 0 aliphatic carbocycles. The normalized spacial score (nSPS) is 13.5. The lowest BCUT2D eigenvalue weighted by Gasteiger charge is -2.13. The molecular formula is C13H21N5O2S. The van der Waals surface area contributed by atoms with Crippen LogP contribution in [0.3, 0.4) is 0 Å². The minimum atomic E-state index is -3.54. The predicted octanol–water partition coefficient (Wildman–Crippen LogP) is 0.530. The van der Waals surface area contributed by atoms with Crippen LogP contribution in [0.2, 0.25) is 0 Å². The number of aromatic nitrogens is 3. The van der Waals surface area contributed by atoms with E-state index in [1.165, 1.54) is 0 Å². The van der Waals surface area contributed by atoms with E-state index in [1.807, 2.05) is 23.0 Å². The Hall–Kier alpha value is -1.64. The highest BCUT2D eigenvalue weighted by atomic mass is 32.2. The highest BCUT2D eigenvalue weighted by Crippen LogP contribution is 2.15. The summed E-state index contributed by atoms with van der Waals surface area (Å²) in [7, 11) is -3.54. The second kappa shape index (κ2) is 6.42. The molecule has 0 aromatic carbocycles. The van der Waals surface area contributed by atoms with E-state index in [9.17, 15) is 8.42 Å². The van der Waals surface area contributed by atoms with Crippen LogP contribution in [0.5, 0.6) is 0 Å². The Bertz CT molecular complexity index is 654. The average molecular weight is 311 g/mol. The van der Waals surface area contributed by atoms with Crippen molar-refractivity contribution in [1.82, 2.24) is 18.8 Å². The fourth-order valence-electron chi connectivity index (χ4n) is 2.22. The van der Waals surface area contributed by atoms with Crippen LogP contribution in [0, 0.1) is 0 Å². The summed E-state index contributed by atoms with van der Waals surface area (Å²) in [5, 5.41) is 0. The summed E-state index contributed by atoms with van der Waals surface area (Å²) in [5.74, 6) is 0. The fourth-order valence-corrected chi connectivity index (χ4v) is 3.52. The summed E-state index contributed by atoms with van der Waals surface area (Å²) >= 11 is 0. The van der Waals surface area contributed by atoms with E-state index >= 15 is 0 Å². The summed E-state index contributed by atoms with van der Waals surface area (Å²) in [6.07, 6.45) is 6.74. The van der Waals surface area contributed by atoms with E-state index in [2.05, 4.69) is 9.71 Å². The molecule has 0 aliphatic heterocycles. The third-order valence-corrected chi connectivity index (χ3v) is 4.78. The topological polar surface area (TPSA) is 94.9 Å². The van der Waals surface area contributed by atoms with Crippen LogP contribution in [-0.4, -0.2) is 28.6 Å². The van der Waals surface area contributed by atoms with Crippen molar-refractivity contribution in [2.75, 3.05) is 0 Å². The van der Waals surface area contributed by atoms with Crippen LogP contribution in [-0.2, 0) is 29.7 Å². The van der Waals surface area contributed by atoms with Crippen LogP contribution >= 0.6 is 0 Å². The lowest BCUT2D eigenvalue weighted by Crippen LogP contribution is -2.35. The molecule has 2 aromatic heterocycles. The molecule has 0 amide bonds. The number of imidazole rings is 1. The molecule has 21 heavy (non-hydrogen) atoms. The second-order valence-corrected chi connectivity index (χ2v) is 6.65. The fraction of sp³-hybridized carbons (Fsp3) is 0.462. The molecule has 0 fully saturated rings. The predicted molar refractivity (Wildman–Crippen MR) is 80.0 cm³/mol. The summed E-state index contributed by atoms with van der Waals surface area (Å²) in [6, 6.07) is 1.38. The van der Waals surface area contributed by atoms with E-state index in [-0.39, 0.29) is 10.9 Å². The molecule has 2 heterocycles. The first-order valence-electron chi connectivity index (χ1n) is 6.83. The van der Waals surface area contributed by atoms with Crippen LogP contribution in [0.15, 0.2) is 35.9 Å². The van der Waals surface area contributed by atoms with Crippen LogP contribution in [0.4, 0.5) is 0 Å². The van der Waals surface area contributed by atoms with Gasteiger partial charge in [0.15, 0.2) is 0 Å². The molecule has 1 atom stereocenters. The second-order valence-electron chi connectivity index (χ2n) is 4.94. The van der Waals surface area contributed by atoms with Crippen molar-refractivity contribution < 1.29 is 8.42 Å². The molecule has 3 N–H and O–H groups in total. The van der Waals surface area contributed by atoms with Gasteiger partial charge in [-0.05, 0) is 19.9 Å². The van der Waals surface area contributed by atoms with Gasteiger partial charge in [-0.2, -0.15) is 0 Å². The van der Waals surface area contributed by atoms with Gasteiger partial charge in [-0.15, -0.1) is 0 Å². The highest BCUT2D eigenvalue weighted by molar-refractivity contribution is 7.89. The third kappa shape index (κ3) is 3.72. The maximum atomic E-state index is 12.4. The van der Waals surface area contributed by atoms with Gasteiger partial charge < -0.3 is 14.9 Å². The van der Waals surface area contributed by atoms with Crippen molar-refractivity contribution in [3.05, 3.63) is 36.7 Å². The van der Waals surface area contributed by atoms with E-state index in [0.717, 1.165) is 5.69 Å². The Morgan fingerprint density at radius 1 is 1.48 bits per heavy atom. The summed E-state index contributed by atoms with van der Waals surface area (Å²) in [5.41, 5.74) is 6.43. The zero-order valence-corrected chi connectivity index (χ0v) is 13.0. The molecule has 0 saturated heterocycles. The van der Waals surface area contributed by atoms with Crippen molar-refractivity contribution in [1.29, 1.82) is 0 Å². The van der Waals surface area contributed by atoms with Gasteiger partial charge >= 0.3 is 0 Å². The van der Waals surface area contributed by atoms with Crippen molar-refractivity contribution in [3.8, 4) is 0 Å². The maximum Gasteiger partial charge on any atom is 0.242 e.